The highest BCUT2D eigenvalue weighted by atomic mass is 35.5. The number of benzene rings is 1. The van der Waals surface area contributed by atoms with Crippen molar-refractivity contribution in [1.82, 2.24) is 5.32 Å². The Morgan fingerprint density at radius 2 is 2.20 bits per heavy atom. The van der Waals surface area contributed by atoms with Gasteiger partial charge in [-0.15, -0.1) is 0 Å². The highest BCUT2D eigenvalue weighted by molar-refractivity contribution is 6.33. The second kappa shape index (κ2) is 6.27. The molecule has 0 fully saturated rings. The van der Waals surface area contributed by atoms with Crippen LogP contribution in [-0.2, 0) is 4.74 Å². The molecule has 4 nitrogen and oxygen atoms in total. The van der Waals surface area contributed by atoms with E-state index in [0.29, 0.717) is 23.9 Å². The fourth-order valence-corrected chi connectivity index (χ4v) is 1.18. The third kappa shape index (κ3) is 4.18. The van der Waals surface area contributed by atoms with Crippen LogP contribution in [0.5, 0.6) is 0 Å². The van der Waals surface area contributed by atoms with Gasteiger partial charge in [-0.1, -0.05) is 23.7 Å². The first-order chi connectivity index (χ1) is 7.24. The molecule has 0 bridgehead atoms. The van der Waals surface area contributed by atoms with Gasteiger partial charge in [0.2, 0.25) is 0 Å². The number of hydrogen-bond acceptors (Lipinski definition) is 2. The molecule has 2 amide bonds. The Morgan fingerprint density at radius 3 is 2.87 bits per heavy atom. The van der Waals surface area contributed by atoms with Crippen LogP contribution in [0.25, 0.3) is 0 Å². The van der Waals surface area contributed by atoms with Gasteiger partial charge in [0.15, 0.2) is 0 Å². The molecule has 0 atom stereocenters. The monoisotopic (exact) mass is 228 g/mol. The van der Waals surface area contributed by atoms with Crippen LogP contribution in [0, 0.1) is 0 Å². The number of carbonyl (C=O) groups is 1. The molecule has 0 aliphatic heterocycles. The van der Waals surface area contributed by atoms with Gasteiger partial charge in [0.1, 0.15) is 0 Å². The van der Waals surface area contributed by atoms with Crippen molar-refractivity contribution < 1.29 is 9.53 Å². The van der Waals surface area contributed by atoms with Crippen LogP contribution < -0.4 is 10.6 Å². The number of halogens is 1. The average molecular weight is 229 g/mol. The number of amides is 2. The maximum Gasteiger partial charge on any atom is 0.319 e. The molecule has 0 radical (unpaired) electrons. The first kappa shape index (κ1) is 11.8. The van der Waals surface area contributed by atoms with E-state index in [4.69, 9.17) is 16.3 Å². The number of urea groups is 1. The van der Waals surface area contributed by atoms with E-state index in [9.17, 15) is 4.79 Å². The van der Waals surface area contributed by atoms with Crippen molar-refractivity contribution in [2.24, 2.45) is 0 Å². The molecule has 0 unspecified atom stereocenters. The summed E-state index contributed by atoms with van der Waals surface area (Å²) in [6.07, 6.45) is 0. The number of anilines is 1. The van der Waals surface area contributed by atoms with E-state index in [1.807, 2.05) is 0 Å². The molecule has 0 heterocycles. The molecule has 0 saturated carbocycles. The van der Waals surface area contributed by atoms with Crippen molar-refractivity contribution in [3.8, 4) is 0 Å². The van der Waals surface area contributed by atoms with Crippen molar-refractivity contribution in [2.75, 3.05) is 25.6 Å². The zero-order chi connectivity index (χ0) is 11.1. The third-order valence-electron chi connectivity index (χ3n) is 1.71. The largest absolute Gasteiger partial charge is 0.383 e. The molecule has 82 valence electrons. The fourth-order valence-electron chi connectivity index (χ4n) is 0.996. The lowest BCUT2D eigenvalue weighted by Gasteiger charge is -2.08. The van der Waals surface area contributed by atoms with Crippen LogP contribution in [-0.4, -0.2) is 26.3 Å². The maximum atomic E-state index is 11.3. The van der Waals surface area contributed by atoms with E-state index in [0.717, 1.165) is 0 Å². The van der Waals surface area contributed by atoms with Gasteiger partial charge >= 0.3 is 6.03 Å². The predicted molar refractivity (Wildman–Crippen MR) is 60.3 cm³/mol. The zero-order valence-electron chi connectivity index (χ0n) is 8.42. The van der Waals surface area contributed by atoms with Crippen molar-refractivity contribution in [2.45, 2.75) is 0 Å². The summed E-state index contributed by atoms with van der Waals surface area (Å²) in [5.74, 6) is 0. The second-order valence-corrected chi connectivity index (χ2v) is 3.26. The minimum atomic E-state index is -0.292. The first-order valence-corrected chi connectivity index (χ1v) is 4.90. The highest BCUT2D eigenvalue weighted by Gasteiger charge is 2.03. The molecule has 2 N–H and O–H groups in total. The summed E-state index contributed by atoms with van der Waals surface area (Å²) in [6, 6.07) is 6.76. The Bertz CT molecular complexity index is 331. The second-order valence-electron chi connectivity index (χ2n) is 2.85. The maximum absolute atomic E-state index is 11.3. The van der Waals surface area contributed by atoms with E-state index in [2.05, 4.69) is 10.6 Å². The van der Waals surface area contributed by atoms with Crippen LogP contribution in [0.15, 0.2) is 24.3 Å². The lowest BCUT2D eigenvalue weighted by molar-refractivity contribution is 0.198. The van der Waals surface area contributed by atoms with Crippen LogP contribution in [0.3, 0.4) is 0 Å². The minimum Gasteiger partial charge on any atom is -0.383 e. The summed E-state index contributed by atoms with van der Waals surface area (Å²) in [5, 5.41) is 5.77. The van der Waals surface area contributed by atoms with Gasteiger partial charge in [0, 0.05) is 13.7 Å². The summed E-state index contributed by atoms with van der Waals surface area (Å²) in [4.78, 5) is 11.3. The summed E-state index contributed by atoms with van der Waals surface area (Å²) in [7, 11) is 1.58. The number of methoxy groups -OCH3 is 1. The van der Waals surface area contributed by atoms with Crippen LogP contribution in [0.4, 0.5) is 10.5 Å². The summed E-state index contributed by atoms with van der Waals surface area (Å²) < 4.78 is 4.80. The van der Waals surface area contributed by atoms with Gasteiger partial charge in [0.05, 0.1) is 17.3 Å². The van der Waals surface area contributed by atoms with E-state index >= 15 is 0 Å². The topological polar surface area (TPSA) is 50.4 Å². The Labute approximate surface area is 93.6 Å². The molecule has 0 aliphatic carbocycles. The Balaban J connectivity index is 2.41. The van der Waals surface area contributed by atoms with E-state index in [1.165, 1.54) is 0 Å². The van der Waals surface area contributed by atoms with Crippen molar-refractivity contribution in [3.05, 3.63) is 29.3 Å². The quantitative estimate of drug-likeness (QED) is 0.776. The summed E-state index contributed by atoms with van der Waals surface area (Å²) in [5.41, 5.74) is 0.592. The van der Waals surface area contributed by atoms with E-state index < -0.39 is 0 Å². The lowest BCUT2D eigenvalue weighted by atomic mass is 10.3. The number of ether oxygens (including phenoxy) is 1. The average Bonchev–Trinajstić information content (AvgIpc) is 2.22. The minimum absolute atomic E-state index is 0.292. The van der Waals surface area contributed by atoms with Gasteiger partial charge < -0.3 is 15.4 Å². The molecule has 0 aromatic heterocycles. The predicted octanol–water partition coefficient (Wildman–Crippen LogP) is 2.11. The number of nitrogens with one attached hydrogen (secondary N) is 2. The molecule has 0 aliphatic rings. The standard InChI is InChI=1S/C10H13ClN2O2/c1-15-7-6-12-10(14)13-9-5-3-2-4-8(9)11/h2-5H,6-7H2,1H3,(H2,12,13,14). The molecule has 15 heavy (non-hydrogen) atoms. The first-order valence-electron chi connectivity index (χ1n) is 4.52. The van der Waals surface area contributed by atoms with Crippen molar-refractivity contribution in [1.29, 1.82) is 0 Å². The Morgan fingerprint density at radius 1 is 1.47 bits per heavy atom. The van der Waals surface area contributed by atoms with Crippen LogP contribution in [0.2, 0.25) is 5.02 Å². The number of para-hydroxylation sites is 1. The van der Waals surface area contributed by atoms with Gasteiger partial charge in [-0.25, -0.2) is 4.79 Å². The van der Waals surface area contributed by atoms with Crippen LogP contribution in [0.1, 0.15) is 0 Å². The number of carbonyl (C=O) groups excluding carboxylic acids is 1. The normalized spacial score (nSPS) is 9.73. The van der Waals surface area contributed by atoms with Crippen LogP contribution >= 0.6 is 11.6 Å². The Kier molecular flexibility index (Phi) is 4.93. The van der Waals surface area contributed by atoms with E-state index in [-0.39, 0.29) is 6.03 Å². The van der Waals surface area contributed by atoms with Crippen molar-refractivity contribution >= 4 is 23.3 Å². The smallest absolute Gasteiger partial charge is 0.319 e. The molecule has 1 rings (SSSR count). The molecular formula is C10H13ClN2O2. The summed E-state index contributed by atoms with van der Waals surface area (Å²) >= 11 is 5.86. The highest BCUT2D eigenvalue weighted by Crippen LogP contribution is 2.19. The van der Waals surface area contributed by atoms with Crippen molar-refractivity contribution in [3.63, 3.8) is 0 Å². The molecular weight excluding hydrogens is 216 g/mol. The molecule has 1 aromatic rings. The summed E-state index contributed by atoms with van der Waals surface area (Å²) in [6.45, 7) is 0.947. The van der Waals surface area contributed by atoms with Gasteiger partial charge in [-0.2, -0.15) is 0 Å². The zero-order valence-corrected chi connectivity index (χ0v) is 9.17. The molecule has 0 saturated heterocycles. The molecule has 5 heteroatoms. The molecule has 0 spiro atoms. The number of rotatable bonds is 4. The van der Waals surface area contributed by atoms with Gasteiger partial charge in [0.25, 0.3) is 0 Å². The fraction of sp³-hybridized carbons (Fsp3) is 0.300. The third-order valence-corrected chi connectivity index (χ3v) is 2.04. The number of hydrogen-bond donors (Lipinski definition) is 2. The lowest BCUT2D eigenvalue weighted by Crippen LogP contribution is -2.31. The molecule has 1 aromatic carbocycles. The Hall–Kier alpha value is -1.26. The van der Waals surface area contributed by atoms with Gasteiger partial charge in [-0.05, 0) is 12.1 Å². The van der Waals surface area contributed by atoms with Gasteiger partial charge in [-0.3, -0.25) is 0 Å². The SMILES string of the molecule is COCCNC(=O)Nc1ccccc1Cl. The van der Waals surface area contributed by atoms with E-state index in [1.54, 1.807) is 31.4 Å².